The van der Waals surface area contributed by atoms with E-state index in [1.807, 2.05) is 6.07 Å². The summed E-state index contributed by atoms with van der Waals surface area (Å²) in [6.07, 6.45) is 2.89. The summed E-state index contributed by atoms with van der Waals surface area (Å²) in [5.41, 5.74) is 7.60. The molecule has 1 aromatic heterocycles. The maximum absolute atomic E-state index is 14.7. The predicted octanol–water partition coefficient (Wildman–Crippen LogP) is 2.61. The van der Waals surface area contributed by atoms with Crippen molar-refractivity contribution < 1.29 is 14.2 Å². The molecule has 130 valence electrons. The minimum absolute atomic E-state index is 0.0143. The van der Waals surface area contributed by atoms with E-state index in [4.69, 9.17) is 15.5 Å². The largest absolute Gasteiger partial charge is 0.508 e. The summed E-state index contributed by atoms with van der Waals surface area (Å²) in [4.78, 5) is 8.99. The van der Waals surface area contributed by atoms with Crippen LogP contribution in [-0.4, -0.2) is 28.1 Å². The number of hydrogen-bond donors (Lipinski definition) is 2. The van der Waals surface area contributed by atoms with Gasteiger partial charge in [0.15, 0.2) is 5.17 Å². The van der Waals surface area contributed by atoms with Crippen LogP contribution in [0.3, 0.4) is 0 Å². The predicted molar refractivity (Wildman–Crippen MR) is 95.5 cm³/mol. The molecule has 1 aromatic carbocycles. The van der Waals surface area contributed by atoms with Crippen LogP contribution in [0.25, 0.3) is 0 Å². The third kappa shape index (κ3) is 2.54. The van der Waals surface area contributed by atoms with E-state index in [1.54, 1.807) is 13.3 Å². The Morgan fingerprint density at radius 3 is 3.04 bits per heavy atom. The maximum Gasteiger partial charge on any atom is 0.216 e. The number of hydrogen-bond acceptors (Lipinski definition) is 6. The van der Waals surface area contributed by atoms with Crippen molar-refractivity contribution in [2.75, 3.05) is 12.9 Å². The Morgan fingerprint density at radius 2 is 2.24 bits per heavy atom. The average molecular weight is 359 g/mol. The van der Waals surface area contributed by atoms with E-state index in [0.717, 1.165) is 23.3 Å². The number of nitrogens with two attached hydrogens (primary N) is 1. The number of benzene rings is 1. The normalized spacial score (nSPS) is 24.9. The van der Waals surface area contributed by atoms with Crippen LogP contribution in [0.4, 0.5) is 4.39 Å². The molecule has 2 atom stereocenters. The Bertz CT molecular complexity index is 873. The van der Waals surface area contributed by atoms with Crippen LogP contribution in [0.2, 0.25) is 0 Å². The van der Waals surface area contributed by atoms with Gasteiger partial charge in [-0.2, -0.15) is 0 Å². The number of halogens is 1. The van der Waals surface area contributed by atoms with Crippen molar-refractivity contribution in [3.8, 4) is 11.6 Å². The molecule has 3 N–H and O–H groups in total. The number of amidine groups is 1. The van der Waals surface area contributed by atoms with Gasteiger partial charge in [0.1, 0.15) is 11.6 Å². The standard InChI is InChI=1S/C18H18FN3O2S/c1-24-16-13-8-18(14-7-12(23)2-3-15(14)19)11(9-25-17(20)22-18)6-10(13)4-5-21-16/h2-5,7,11,23H,6,8-9H2,1H3,(H2,20,22)/t11-,18-/m1/s1. The fraction of sp³-hybridized carbons (Fsp3) is 0.333. The number of phenols is 1. The van der Waals surface area contributed by atoms with Gasteiger partial charge in [-0.1, -0.05) is 11.8 Å². The quantitative estimate of drug-likeness (QED) is 0.861. The van der Waals surface area contributed by atoms with Crippen molar-refractivity contribution in [3.63, 3.8) is 0 Å². The molecular formula is C18H18FN3O2S. The lowest BCUT2D eigenvalue weighted by Gasteiger charge is -2.44. The summed E-state index contributed by atoms with van der Waals surface area (Å²) < 4.78 is 20.1. The monoisotopic (exact) mass is 359 g/mol. The molecule has 4 rings (SSSR count). The number of aliphatic imine (C=N–C) groups is 1. The van der Waals surface area contributed by atoms with Crippen molar-refractivity contribution >= 4 is 16.9 Å². The molecule has 0 amide bonds. The highest BCUT2D eigenvalue weighted by Gasteiger charge is 2.48. The molecule has 2 heterocycles. The van der Waals surface area contributed by atoms with E-state index in [0.29, 0.717) is 23.0 Å². The molecule has 2 aromatic rings. The van der Waals surface area contributed by atoms with Crippen LogP contribution in [0.15, 0.2) is 35.5 Å². The van der Waals surface area contributed by atoms with Gasteiger partial charge in [0.25, 0.3) is 0 Å². The molecule has 0 fully saturated rings. The molecule has 0 bridgehead atoms. The van der Waals surface area contributed by atoms with Crippen molar-refractivity contribution in [2.24, 2.45) is 16.6 Å². The number of thioether (sulfide) groups is 1. The highest BCUT2D eigenvalue weighted by molar-refractivity contribution is 8.13. The van der Waals surface area contributed by atoms with Crippen LogP contribution in [0.5, 0.6) is 11.6 Å². The van der Waals surface area contributed by atoms with E-state index in [2.05, 4.69) is 4.98 Å². The minimum atomic E-state index is -0.860. The van der Waals surface area contributed by atoms with Gasteiger partial charge in [0.2, 0.25) is 5.88 Å². The second-order valence-corrected chi connectivity index (χ2v) is 7.43. The van der Waals surface area contributed by atoms with E-state index in [-0.39, 0.29) is 11.7 Å². The van der Waals surface area contributed by atoms with Gasteiger partial charge in [-0.15, -0.1) is 0 Å². The number of aromatic nitrogens is 1. The highest BCUT2D eigenvalue weighted by atomic mass is 32.2. The number of nitrogens with zero attached hydrogens (tertiary/aromatic N) is 2. The number of ether oxygens (including phenoxy) is 1. The molecule has 0 saturated carbocycles. The fourth-order valence-corrected chi connectivity index (χ4v) is 4.87. The summed E-state index contributed by atoms with van der Waals surface area (Å²) in [5, 5.41) is 10.4. The number of rotatable bonds is 2. The van der Waals surface area contributed by atoms with Crippen LogP contribution < -0.4 is 10.5 Å². The number of fused-ring (bicyclic) bond motifs is 2. The summed E-state index contributed by atoms with van der Waals surface area (Å²) in [7, 11) is 1.57. The number of methoxy groups -OCH3 is 1. The Morgan fingerprint density at radius 1 is 1.40 bits per heavy atom. The number of pyridine rings is 1. The first-order valence-corrected chi connectivity index (χ1v) is 9.00. The zero-order chi connectivity index (χ0) is 17.6. The van der Waals surface area contributed by atoms with Crippen LogP contribution in [0.1, 0.15) is 16.7 Å². The SMILES string of the molecule is COc1nccc2c1C[C@@]1(c3cc(O)ccc3F)N=C(N)SC[C@H]1C2. The Hall–Kier alpha value is -2.28. The third-order valence-electron chi connectivity index (χ3n) is 5.05. The first-order valence-electron chi connectivity index (χ1n) is 8.01. The van der Waals surface area contributed by atoms with Crippen LogP contribution >= 0.6 is 11.8 Å². The maximum atomic E-state index is 14.7. The number of aromatic hydroxyl groups is 1. The zero-order valence-corrected chi connectivity index (χ0v) is 14.5. The van der Waals surface area contributed by atoms with Crippen molar-refractivity contribution in [2.45, 2.75) is 18.4 Å². The molecular weight excluding hydrogens is 341 g/mol. The molecule has 0 saturated heterocycles. The van der Waals surface area contributed by atoms with E-state index in [1.165, 1.54) is 30.0 Å². The van der Waals surface area contributed by atoms with E-state index in [9.17, 15) is 9.50 Å². The lowest BCUT2D eigenvalue weighted by atomic mass is 9.67. The first kappa shape index (κ1) is 16.2. The van der Waals surface area contributed by atoms with Crippen molar-refractivity contribution in [3.05, 3.63) is 53.0 Å². The molecule has 5 nitrogen and oxygen atoms in total. The van der Waals surface area contributed by atoms with Gasteiger partial charge in [-0.3, -0.25) is 4.99 Å². The smallest absolute Gasteiger partial charge is 0.216 e. The highest BCUT2D eigenvalue weighted by Crippen LogP contribution is 2.50. The topological polar surface area (TPSA) is 80.7 Å². The van der Waals surface area contributed by atoms with Crippen LogP contribution in [-0.2, 0) is 18.4 Å². The molecule has 0 unspecified atom stereocenters. The molecule has 2 aliphatic rings. The fourth-order valence-electron chi connectivity index (χ4n) is 3.88. The summed E-state index contributed by atoms with van der Waals surface area (Å²) in [6.45, 7) is 0. The number of phenolic OH excluding ortho intramolecular Hbond substituents is 1. The lowest BCUT2D eigenvalue weighted by Crippen LogP contribution is -2.46. The lowest BCUT2D eigenvalue weighted by molar-refractivity contribution is 0.261. The van der Waals surface area contributed by atoms with Gasteiger partial charge in [0, 0.05) is 35.4 Å². The van der Waals surface area contributed by atoms with E-state index < -0.39 is 11.4 Å². The Balaban J connectivity index is 1.95. The van der Waals surface area contributed by atoms with Gasteiger partial charge in [-0.25, -0.2) is 9.37 Å². The Kier molecular flexibility index (Phi) is 3.83. The summed E-state index contributed by atoms with van der Waals surface area (Å²) in [6, 6.07) is 6.06. The summed E-state index contributed by atoms with van der Waals surface area (Å²) >= 11 is 1.49. The molecule has 0 spiro atoms. The van der Waals surface area contributed by atoms with Gasteiger partial charge < -0.3 is 15.6 Å². The molecule has 25 heavy (non-hydrogen) atoms. The van der Waals surface area contributed by atoms with Gasteiger partial charge in [-0.05, 0) is 36.2 Å². The van der Waals surface area contributed by atoms with Gasteiger partial charge >= 0.3 is 0 Å². The van der Waals surface area contributed by atoms with Gasteiger partial charge in [0.05, 0.1) is 12.6 Å². The minimum Gasteiger partial charge on any atom is -0.508 e. The first-order chi connectivity index (χ1) is 12.0. The second-order valence-electron chi connectivity index (χ2n) is 6.39. The summed E-state index contributed by atoms with van der Waals surface area (Å²) in [5.74, 6) is 0.968. The molecule has 1 aliphatic carbocycles. The molecule has 7 heteroatoms. The third-order valence-corrected chi connectivity index (χ3v) is 6.01. The molecule has 1 aliphatic heterocycles. The van der Waals surface area contributed by atoms with Crippen molar-refractivity contribution in [1.82, 2.24) is 4.98 Å². The average Bonchev–Trinajstić information content (AvgIpc) is 2.61. The molecule has 0 radical (unpaired) electrons. The van der Waals surface area contributed by atoms with Crippen molar-refractivity contribution in [1.29, 1.82) is 0 Å². The van der Waals surface area contributed by atoms with E-state index >= 15 is 0 Å². The Labute approximate surface area is 149 Å². The van der Waals surface area contributed by atoms with Crippen LogP contribution in [0, 0.1) is 11.7 Å². The zero-order valence-electron chi connectivity index (χ0n) is 13.7. The second kappa shape index (κ2) is 5.91.